The lowest BCUT2D eigenvalue weighted by Crippen LogP contribution is -2.43. The van der Waals surface area contributed by atoms with Crippen molar-refractivity contribution in [3.63, 3.8) is 0 Å². The van der Waals surface area contributed by atoms with Crippen molar-refractivity contribution in [2.75, 3.05) is 24.5 Å². The first-order chi connectivity index (χ1) is 9.13. The van der Waals surface area contributed by atoms with E-state index in [4.69, 9.17) is 16.7 Å². The Kier molecular flexibility index (Phi) is 4.61. The van der Waals surface area contributed by atoms with E-state index in [1.165, 1.54) is 0 Å². The van der Waals surface area contributed by atoms with Crippen LogP contribution in [0.25, 0.3) is 0 Å². The average molecular weight is 284 g/mol. The van der Waals surface area contributed by atoms with Crippen LogP contribution in [0.1, 0.15) is 30.3 Å². The molecule has 2 rings (SSSR count). The molecule has 1 fully saturated rings. The molecule has 0 atom stereocenters. The van der Waals surface area contributed by atoms with E-state index in [1.54, 1.807) is 12.1 Å². The molecule has 0 saturated carbocycles. The Balaban J connectivity index is 2.27. The predicted molar refractivity (Wildman–Crippen MR) is 75.1 cm³/mol. The molecule has 0 radical (unpaired) electrons. The number of aromatic nitrogens is 1. The number of nitrogens with zero attached hydrogens (tertiary/aromatic N) is 2. The Morgan fingerprint density at radius 1 is 1.53 bits per heavy atom. The number of hydrogen-bond donors (Lipinski definition) is 2. The van der Waals surface area contributed by atoms with Crippen LogP contribution in [0.4, 0.5) is 5.82 Å². The van der Waals surface area contributed by atoms with Gasteiger partial charge >= 0.3 is 5.97 Å². The molecule has 1 aliphatic heterocycles. The van der Waals surface area contributed by atoms with Crippen LogP contribution in [-0.2, 0) is 0 Å². The van der Waals surface area contributed by atoms with E-state index in [1.807, 2.05) is 0 Å². The van der Waals surface area contributed by atoms with Gasteiger partial charge in [0.15, 0.2) is 5.69 Å². The van der Waals surface area contributed by atoms with E-state index in [0.29, 0.717) is 11.9 Å². The molecule has 1 saturated heterocycles. The highest BCUT2D eigenvalue weighted by Gasteiger charge is 2.22. The molecule has 1 aromatic rings. The van der Waals surface area contributed by atoms with Crippen LogP contribution < -0.4 is 10.2 Å². The fraction of sp³-hybridized carbons (Fsp3) is 0.538. The zero-order chi connectivity index (χ0) is 13.8. The van der Waals surface area contributed by atoms with E-state index in [-0.39, 0.29) is 10.7 Å². The highest BCUT2D eigenvalue weighted by atomic mass is 35.5. The Morgan fingerprint density at radius 3 is 2.79 bits per heavy atom. The number of rotatable bonds is 4. The van der Waals surface area contributed by atoms with Crippen molar-refractivity contribution in [3.8, 4) is 0 Å². The largest absolute Gasteiger partial charge is 0.476 e. The Hall–Kier alpha value is -1.33. The van der Waals surface area contributed by atoms with Crippen molar-refractivity contribution in [2.45, 2.75) is 25.8 Å². The molecular weight excluding hydrogens is 266 g/mol. The maximum Gasteiger partial charge on any atom is 0.356 e. The second kappa shape index (κ2) is 6.21. The average Bonchev–Trinajstić information content (AvgIpc) is 2.42. The first-order valence-electron chi connectivity index (χ1n) is 6.50. The molecule has 1 aromatic heterocycles. The van der Waals surface area contributed by atoms with Gasteiger partial charge in [-0.1, -0.05) is 11.6 Å². The van der Waals surface area contributed by atoms with Gasteiger partial charge in [-0.25, -0.2) is 9.78 Å². The number of carboxylic acid groups (broad SMARTS) is 1. The molecule has 104 valence electrons. The highest BCUT2D eigenvalue weighted by molar-refractivity contribution is 6.33. The third-order valence-electron chi connectivity index (χ3n) is 3.42. The molecule has 1 aliphatic rings. The van der Waals surface area contributed by atoms with Gasteiger partial charge in [-0.05, 0) is 45.0 Å². The summed E-state index contributed by atoms with van der Waals surface area (Å²) in [7, 11) is 0. The molecule has 19 heavy (non-hydrogen) atoms. The summed E-state index contributed by atoms with van der Waals surface area (Å²) in [5, 5.41) is 12.6. The fourth-order valence-electron chi connectivity index (χ4n) is 2.47. The minimum absolute atomic E-state index is 0.0773. The monoisotopic (exact) mass is 283 g/mol. The number of aromatic carboxylic acids is 1. The van der Waals surface area contributed by atoms with Gasteiger partial charge < -0.3 is 15.3 Å². The number of carboxylic acids is 1. The molecule has 6 heteroatoms. The number of carbonyl (C=O) groups is 1. The van der Waals surface area contributed by atoms with Gasteiger partial charge in [0.25, 0.3) is 0 Å². The number of halogens is 1. The molecule has 0 spiro atoms. The van der Waals surface area contributed by atoms with E-state index in [0.717, 1.165) is 32.5 Å². The first kappa shape index (κ1) is 14.1. The van der Waals surface area contributed by atoms with Gasteiger partial charge in [0.05, 0.1) is 5.02 Å². The van der Waals surface area contributed by atoms with Gasteiger partial charge in [0.2, 0.25) is 0 Å². The summed E-state index contributed by atoms with van der Waals surface area (Å²) in [6.45, 7) is 4.83. The molecule has 0 aliphatic carbocycles. The van der Waals surface area contributed by atoms with Crippen LogP contribution in [0, 0.1) is 0 Å². The van der Waals surface area contributed by atoms with Crippen LogP contribution in [0.15, 0.2) is 12.1 Å². The zero-order valence-electron chi connectivity index (χ0n) is 10.9. The summed E-state index contributed by atoms with van der Waals surface area (Å²) < 4.78 is 0. The lowest BCUT2D eigenvalue weighted by molar-refractivity contribution is 0.0690. The van der Waals surface area contributed by atoms with Crippen molar-refractivity contribution in [3.05, 3.63) is 22.8 Å². The van der Waals surface area contributed by atoms with Gasteiger partial charge in [0, 0.05) is 12.6 Å². The van der Waals surface area contributed by atoms with Crippen molar-refractivity contribution < 1.29 is 9.90 Å². The van der Waals surface area contributed by atoms with Crippen molar-refractivity contribution in [1.29, 1.82) is 0 Å². The Labute approximate surface area is 117 Å². The number of piperidine rings is 1. The van der Waals surface area contributed by atoms with E-state index in [2.05, 4.69) is 22.1 Å². The van der Waals surface area contributed by atoms with Crippen LogP contribution in [0.5, 0.6) is 0 Å². The van der Waals surface area contributed by atoms with Gasteiger partial charge in [-0.15, -0.1) is 0 Å². The summed E-state index contributed by atoms with van der Waals surface area (Å²) in [5.74, 6) is -0.399. The number of nitrogens with one attached hydrogen (secondary N) is 1. The molecule has 0 bridgehead atoms. The Morgan fingerprint density at radius 2 is 2.21 bits per heavy atom. The summed E-state index contributed by atoms with van der Waals surface area (Å²) >= 11 is 5.85. The van der Waals surface area contributed by atoms with Gasteiger partial charge in [0.1, 0.15) is 5.82 Å². The maximum atomic E-state index is 11.1. The molecule has 2 heterocycles. The Bertz CT molecular complexity index is 461. The summed E-state index contributed by atoms with van der Waals surface area (Å²) in [5.41, 5.74) is -0.0773. The lowest BCUT2D eigenvalue weighted by Gasteiger charge is -2.34. The lowest BCUT2D eigenvalue weighted by atomic mass is 10.0. The molecule has 0 aromatic carbocycles. The van der Waals surface area contributed by atoms with Crippen molar-refractivity contribution in [1.82, 2.24) is 10.3 Å². The highest BCUT2D eigenvalue weighted by Crippen LogP contribution is 2.23. The second-order valence-electron chi connectivity index (χ2n) is 4.57. The van der Waals surface area contributed by atoms with E-state index >= 15 is 0 Å². The zero-order valence-corrected chi connectivity index (χ0v) is 11.7. The third-order valence-corrected chi connectivity index (χ3v) is 3.72. The van der Waals surface area contributed by atoms with Crippen molar-refractivity contribution in [2.24, 2.45) is 0 Å². The summed E-state index contributed by atoms with van der Waals surface area (Å²) in [4.78, 5) is 17.4. The minimum atomic E-state index is -1.09. The number of hydrogen-bond acceptors (Lipinski definition) is 4. The summed E-state index contributed by atoms with van der Waals surface area (Å²) in [6.07, 6.45) is 2.08. The first-order valence-corrected chi connectivity index (χ1v) is 6.88. The predicted octanol–water partition coefficient (Wildman–Crippen LogP) is 2.01. The van der Waals surface area contributed by atoms with Crippen molar-refractivity contribution >= 4 is 23.4 Å². The molecule has 0 amide bonds. The second-order valence-corrected chi connectivity index (χ2v) is 4.98. The topological polar surface area (TPSA) is 65.5 Å². The molecular formula is C13H18ClN3O2. The standard InChI is InChI=1S/C13H18ClN3O2/c1-2-17(9-5-7-15-8-6-9)11-4-3-10(14)12(16-11)13(18)19/h3-4,9,15H,2,5-8H2,1H3,(H,18,19). The number of anilines is 1. The van der Waals surface area contributed by atoms with Crippen LogP contribution >= 0.6 is 11.6 Å². The van der Waals surface area contributed by atoms with Crippen LogP contribution in [0.3, 0.4) is 0 Å². The number of pyridine rings is 1. The third kappa shape index (κ3) is 3.16. The van der Waals surface area contributed by atoms with Crippen LogP contribution in [0.2, 0.25) is 5.02 Å². The fourth-order valence-corrected chi connectivity index (χ4v) is 2.65. The minimum Gasteiger partial charge on any atom is -0.476 e. The maximum absolute atomic E-state index is 11.1. The van der Waals surface area contributed by atoms with E-state index < -0.39 is 5.97 Å². The van der Waals surface area contributed by atoms with E-state index in [9.17, 15) is 4.79 Å². The summed E-state index contributed by atoms with van der Waals surface area (Å²) in [6, 6.07) is 3.80. The van der Waals surface area contributed by atoms with Crippen LogP contribution in [-0.4, -0.2) is 41.7 Å². The molecule has 2 N–H and O–H groups in total. The molecule has 0 unspecified atom stereocenters. The molecule has 5 nitrogen and oxygen atoms in total. The quantitative estimate of drug-likeness (QED) is 0.885. The van der Waals surface area contributed by atoms with Gasteiger partial charge in [-0.3, -0.25) is 0 Å². The SMILES string of the molecule is CCN(c1ccc(Cl)c(C(=O)O)n1)C1CCNCC1. The van der Waals surface area contributed by atoms with Gasteiger partial charge in [-0.2, -0.15) is 0 Å². The normalized spacial score (nSPS) is 16.3. The smallest absolute Gasteiger partial charge is 0.356 e.